The molecule has 0 spiro atoms. The van der Waals surface area contributed by atoms with E-state index >= 15 is 0 Å². The van der Waals surface area contributed by atoms with Crippen LogP contribution in [-0.2, 0) is 9.59 Å². The van der Waals surface area contributed by atoms with Gasteiger partial charge in [0, 0.05) is 6.07 Å². The summed E-state index contributed by atoms with van der Waals surface area (Å²) in [7, 11) is 1.51. The van der Waals surface area contributed by atoms with Crippen LogP contribution in [0.1, 0.15) is 13.8 Å². The van der Waals surface area contributed by atoms with Crippen molar-refractivity contribution in [3.63, 3.8) is 0 Å². The van der Waals surface area contributed by atoms with Crippen molar-refractivity contribution in [2.75, 3.05) is 19.0 Å². The maximum Gasteiger partial charge on any atom is 0.243 e. The molecule has 1 rings (SSSR count). The quantitative estimate of drug-likeness (QED) is 0.686. The zero-order valence-electron chi connectivity index (χ0n) is 11.8. The first-order valence-electron chi connectivity index (χ1n) is 6.27. The third-order valence-electron chi connectivity index (χ3n) is 2.67. The first kappa shape index (κ1) is 15.9. The van der Waals surface area contributed by atoms with E-state index in [0.717, 1.165) is 0 Å². The predicted octanol–water partition coefficient (Wildman–Crippen LogP) is 0.128. The summed E-state index contributed by atoms with van der Waals surface area (Å²) in [5, 5.41) is 5.09. The summed E-state index contributed by atoms with van der Waals surface area (Å²) in [4.78, 5) is 27.2. The molecule has 1 heterocycles. The van der Waals surface area contributed by atoms with Crippen LogP contribution in [0.2, 0.25) is 0 Å². The molecule has 0 unspecified atom stereocenters. The Morgan fingerprint density at radius 1 is 1.40 bits per heavy atom. The van der Waals surface area contributed by atoms with Crippen LogP contribution in [0.4, 0.5) is 5.69 Å². The molecule has 7 heteroatoms. The van der Waals surface area contributed by atoms with Crippen LogP contribution < -0.4 is 21.1 Å². The molecular formula is C13H20N4O3. The predicted molar refractivity (Wildman–Crippen MR) is 75.2 cm³/mol. The first-order valence-corrected chi connectivity index (χ1v) is 6.27. The molecule has 0 bridgehead atoms. The number of amides is 2. The average Bonchev–Trinajstić information content (AvgIpc) is 2.44. The van der Waals surface area contributed by atoms with E-state index in [-0.39, 0.29) is 24.3 Å². The van der Waals surface area contributed by atoms with E-state index in [4.69, 9.17) is 10.5 Å². The smallest absolute Gasteiger partial charge is 0.243 e. The van der Waals surface area contributed by atoms with Crippen LogP contribution in [0.3, 0.4) is 0 Å². The van der Waals surface area contributed by atoms with E-state index in [1.807, 2.05) is 13.8 Å². The highest BCUT2D eigenvalue weighted by Crippen LogP contribution is 2.10. The molecule has 0 aromatic carbocycles. The van der Waals surface area contributed by atoms with Crippen molar-refractivity contribution in [2.24, 2.45) is 11.7 Å². The molecule has 7 nitrogen and oxygen atoms in total. The Bertz CT molecular complexity index is 459. The third-order valence-corrected chi connectivity index (χ3v) is 2.67. The molecule has 2 amide bonds. The third kappa shape index (κ3) is 4.85. The number of nitrogens with zero attached hydrogens (tertiary/aromatic N) is 1. The number of hydrogen-bond acceptors (Lipinski definition) is 5. The number of hydrogen-bond donors (Lipinski definition) is 3. The Morgan fingerprint density at radius 3 is 2.60 bits per heavy atom. The second-order valence-corrected chi connectivity index (χ2v) is 4.63. The second kappa shape index (κ2) is 7.44. The van der Waals surface area contributed by atoms with Crippen LogP contribution in [0.25, 0.3) is 0 Å². The fourth-order valence-electron chi connectivity index (χ4n) is 1.37. The Kier molecular flexibility index (Phi) is 5.92. The van der Waals surface area contributed by atoms with Crippen molar-refractivity contribution < 1.29 is 14.3 Å². The SMILES string of the molecule is COc1ccc(NC(=O)CNC(=O)[C@@H](N)C(C)C)cn1. The molecule has 1 atom stereocenters. The van der Waals surface area contributed by atoms with Gasteiger partial charge in [0.1, 0.15) is 0 Å². The van der Waals surface area contributed by atoms with E-state index in [1.54, 1.807) is 12.1 Å². The molecule has 20 heavy (non-hydrogen) atoms. The van der Waals surface area contributed by atoms with Gasteiger partial charge < -0.3 is 21.1 Å². The minimum Gasteiger partial charge on any atom is -0.481 e. The number of anilines is 1. The normalized spacial score (nSPS) is 11.8. The van der Waals surface area contributed by atoms with Gasteiger partial charge in [0.2, 0.25) is 17.7 Å². The van der Waals surface area contributed by atoms with Crippen LogP contribution in [-0.4, -0.2) is 36.5 Å². The number of pyridine rings is 1. The summed E-state index contributed by atoms with van der Waals surface area (Å²) < 4.78 is 4.91. The van der Waals surface area contributed by atoms with Crippen molar-refractivity contribution in [3.8, 4) is 5.88 Å². The van der Waals surface area contributed by atoms with Crippen molar-refractivity contribution in [2.45, 2.75) is 19.9 Å². The lowest BCUT2D eigenvalue weighted by atomic mass is 10.1. The van der Waals surface area contributed by atoms with Crippen molar-refractivity contribution >= 4 is 17.5 Å². The Morgan fingerprint density at radius 2 is 2.10 bits per heavy atom. The zero-order chi connectivity index (χ0) is 15.1. The molecule has 0 radical (unpaired) electrons. The fraction of sp³-hybridized carbons (Fsp3) is 0.462. The lowest BCUT2D eigenvalue weighted by molar-refractivity contribution is -0.125. The van der Waals surface area contributed by atoms with Gasteiger partial charge >= 0.3 is 0 Å². The molecule has 0 fully saturated rings. The van der Waals surface area contributed by atoms with E-state index in [9.17, 15) is 9.59 Å². The van der Waals surface area contributed by atoms with Gasteiger partial charge in [-0.1, -0.05) is 13.8 Å². The van der Waals surface area contributed by atoms with Gasteiger partial charge in [-0.15, -0.1) is 0 Å². The van der Waals surface area contributed by atoms with E-state index in [1.165, 1.54) is 13.3 Å². The summed E-state index contributed by atoms with van der Waals surface area (Å²) in [5.74, 6) is -0.215. The molecule has 4 N–H and O–H groups in total. The lowest BCUT2D eigenvalue weighted by Gasteiger charge is -2.15. The molecular weight excluding hydrogens is 260 g/mol. The van der Waals surface area contributed by atoms with E-state index in [2.05, 4.69) is 15.6 Å². The van der Waals surface area contributed by atoms with Gasteiger partial charge in [-0.2, -0.15) is 0 Å². The number of rotatable bonds is 6. The highest BCUT2D eigenvalue weighted by atomic mass is 16.5. The van der Waals surface area contributed by atoms with Crippen LogP contribution in [0.5, 0.6) is 5.88 Å². The number of aromatic nitrogens is 1. The number of ether oxygens (including phenoxy) is 1. The maximum atomic E-state index is 11.6. The number of methoxy groups -OCH3 is 1. The summed E-state index contributed by atoms with van der Waals surface area (Å²) in [6.45, 7) is 3.55. The summed E-state index contributed by atoms with van der Waals surface area (Å²) in [6, 6.07) is 2.67. The van der Waals surface area contributed by atoms with Crippen LogP contribution >= 0.6 is 0 Å². The van der Waals surface area contributed by atoms with Gasteiger partial charge in [-0.25, -0.2) is 4.98 Å². The van der Waals surface area contributed by atoms with Gasteiger partial charge in [0.15, 0.2) is 0 Å². The first-order chi connectivity index (χ1) is 9.43. The molecule has 0 saturated heterocycles. The molecule has 1 aromatic heterocycles. The molecule has 0 aliphatic rings. The van der Waals surface area contributed by atoms with Crippen LogP contribution in [0.15, 0.2) is 18.3 Å². The topological polar surface area (TPSA) is 106 Å². The zero-order valence-corrected chi connectivity index (χ0v) is 11.8. The lowest BCUT2D eigenvalue weighted by Crippen LogP contribution is -2.46. The second-order valence-electron chi connectivity index (χ2n) is 4.63. The van der Waals surface area contributed by atoms with E-state index < -0.39 is 6.04 Å². The van der Waals surface area contributed by atoms with Crippen molar-refractivity contribution in [1.29, 1.82) is 0 Å². The molecule has 0 aliphatic carbocycles. The largest absolute Gasteiger partial charge is 0.481 e. The summed E-state index contributed by atoms with van der Waals surface area (Å²) in [5.41, 5.74) is 6.19. The number of nitrogens with two attached hydrogens (primary N) is 1. The van der Waals surface area contributed by atoms with Gasteiger partial charge in [-0.3, -0.25) is 9.59 Å². The highest BCUT2D eigenvalue weighted by Gasteiger charge is 2.17. The molecule has 1 aromatic rings. The monoisotopic (exact) mass is 280 g/mol. The van der Waals surface area contributed by atoms with Crippen LogP contribution in [0, 0.1) is 5.92 Å². The Labute approximate surface area is 117 Å². The minimum absolute atomic E-state index is 0.0175. The Balaban J connectivity index is 2.41. The standard InChI is InChI=1S/C13H20N4O3/c1-8(2)12(14)13(19)16-7-10(18)17-9-4-5-11(20-3)15-6-9/h4-6,8,12H,7,14H2,1-3H3,(H,16,19)(H,17,18)/t12-/m0/s1. The van der Waals surface area contributed by atoms with Gasteiger partial charge in [0.25, 0.3) is 0 Å². The fourth-order valence-corrected chi connectivity index (χ4v) is 1.37. The molecule has 0 saturated carbocycles. The highest BCUT2D eigenvalue weighted by molar-refractivity contribution is 5.95. The van der Waals surface area contributed by atoms with E-state index in [0.29, 0.717) is 11.6 Å². The summed E-state index contributed by atoms with van der Waals surface area (Å²) in [6.07, 6.45) is 1.47. The van der Waals surface area contributed by atoms with Crippen molar-refractivity contribution in [1.82, 2.24) is 10.3 Å². The number of nitrogens with one attached hydrogen (secondary N) is 2. The maximum absolute atomic E-state index is 11.6. The van der Waals surface area contributed by atoms with Crippen molar-refractivity contribution in [3.05, 3.63) is 18.3 Å². The minimum atomic E-state index is -0.620. The average molecular weight is 280 g/mol. The number of carbonyl (C=O) groups is 2. The Hall–Kier alpha value is -2.15. The summed E-state index contributed by atoms with van der Waals surface area (Å²) >= 11 is 0. The van der Waals surface area contributed by atoms with Gasteiger partial charge in [0.05, 0.1) is 31.6 Å². The number of carbonyl (C=O) groups excluding carboxylic acids is 2. The molecule has 110 valence electrons. The van der Waals surface area contributed by atoms with Gasteiger partial charge in [-0.05, 0) is 12.0 Å². The molecule has 0 aliphatic heterocycles.